The molecule has 30 heavy (non-hydrogen) atoms. The van der Waals surface area contributed by atoms with E-state index < -0.39 is 0 Å². The van der Waals surface area contributed by atoms with E-state index in [9.17, 15) is 4.79 Å². The molecule has 2 saturated heterocycles. The van der Waals surface area contributed by atoms with E-state index in [2.05, 4.69) is 37.4 Å². The molecule has 1 aliphatic carbocycles. The second-order valence-corrected chi connectivity index (χ2v) is 8.17. The number of fused-ring (bicyclic) bond motifs is 2. The van der Waals surface area contributed by atoms with Crippen molar-refractivity contribution in [3.8, 4) is 0 Å². The third-order valence-electron chi connectivity index (χ3n) is 6.04. The molecule has 1 saturated carbocycles. The zero-order valence-corrected chi connectivity index (χ0v) is 16.9. The van der Waals surface area contributed by atoms with Gasteiger partial charge in [-0.15, -0.1) is 0 Å². The zero-order valence-electron chi connectivity index (χ0n) is 16.9. The maximum atomic E-state index is 13.0. The predicted octanol–water partition coefficient (Wildman–Crippen LogP) is 1.89. The van der Waals surface area contributed by atoms with Gasteiger partial charge in [0, 0.05) is 38.6 Å². The monoisotopic (exact) mass is 409 g/mol. The molecule has 0 spiro atoms. The number of aliphatic imine (C=N–C) groups is 1. The Morgan fingerprint density at radius 3 is 2.93 bits per heavy atom. The Labute approximate surface area is 176 Å². The van der Waals surface area contributed by atoms with E-state index in [0.717, 1.165) is 38.4 Å². The van der Waals surface area contributed by atoms with Crippen LogP contribution >= 0.6 is 0 Å². The van der Waals surface area contributed by atoms with Crippen LogP contribution in [0.15, 0.2) is 47.8 Å². The zero-order chi connectivity index (χ0) is 20.3. The molecule has 158 valence electrons. The van der Waals surface area contributed by atoms with Crippen molar-refractivity contribution in [1.29, 1.82) is 0 Å². The van der Waals surface area contributed by atoms with Gasteiger partial charge in [-0.2, -0.15) is 0 Å². The molecule has 1 unspecified atom stereocenters. The van der Waals surface area contributed by atoms with Crippen LogP contribution < -0.4 is 5.32 Å². The first-order valence-corrected chi connectivity index (χ1v) is 10.6. The summed E-state index contributed by atoms with van der Waals surface area (Å²) in [6, 6.07) is -0.189. The highest BCUT2D eigenvalue weighted by Crippen LogP contribution is 2.36. The minimum Gasteiger partial charge on any atom is -0.375 e. The highest BCUT2D eigenvalue weighted by Gasteiger charge is 2.36. The van der Waals surface area contributed by atoms with E-state index in [1.807, 2.05) is 6.08 Å². The van der Waals surface area contributed by atoms with Crippen molar-refractivity contribution in [2.24, 2.45) is 10.9 Å². The first-order chi connectivity index (χ1) is 14.8. The summed E-state index contributed by atoms with van der Waals surface area (Å²) >= 11 is 0. The summed E-state index contributed by atoms with van der Waals surface area (Å²) in [6.07, 6.45) is 16.2. The van der Waals surface area contributed by atoms with Crippen LogP contribution in [0.3, 0.4) is 0 Å². The van der Waals surface area contributed by atoms with E-state index in [4.69, 9.17) is 9.73 Å². The predicted molar refractivity (Wildman–Crippen MR) is 113 cm³/mol. The summed E-state index contributed by atoms with van der Waals surface area (Å²) in [5, 5.41) is 2.84. The molecule has 3 fully saturated rings. The van der Waals surface area contributed by atoms with Gasteiger partial charge < -0.3 is 14.5 Å². The number of amides is 2. The van der Waals surface area contributed by atoms with E-state index >= 15 is 0 Å². The van der Waals surface area contributed by atoms with E-state index in [-0.39, 0.29) is 18.2 Å². The van der Waals surface area contributed by atoms with Crippen LogP contribution in [0.2, 0.25) is 0 Å². The number of hydrogen-bond acceptors (Lipinski definition) is 7. The molecular weight excluding hydrogens is 382 g/mol. The summed E-state index contributed by atoms with van der Waals surface area (Å²) in [6.45, 7) is 4.05. The fourth-order valence-corrected chi connectivity index (χ4v) is 4.22. The number of rotatable bonds is 3. The lowest BCUT2D eigenvalue weighted by atomic mass is 10.2. The number of allylic oxidation sites excluding steroid dienone is 2. The largest absolute Gasteiger partial charge is 0.375 e. The quantitative estimate of drug-likeness (QED) is 0.821. The average molecular weight is 409 g/mol. The summed E-state index contributed by atoms with van der Waals surface area (Å²) in [5.74, 6) is 1.97. The Bertz CT molecular complexity index is 852. The first-order valence-electron chi connectivity index (χ1n) is 10.6. The lowest BCUT2D eigenvalue weighted by Crippen LogP contribution is -2.44. The maximum Gasteiger partial charge on any atom is 0.328 e. The van der Waals surface area contributed by atoms with Crippen molar-refractivity contribution >= 4 is 18.2 Å². The van der Waals surface area contributed by atoms with Crippen LogP contribution in [0, 0.1) is 5.92 Å². The van der Waals surface area contributed by atoms with Gasteiger partial charge in [-0.05, 0) is 43.5 Å². The van der Waals surface area contributed by atoms with Crippen molar-refractivity contribution in [1.82, 2.24) is 24.7 Å². The molecule has 4 heterocycles. The molecule has 2 bridgehead atoms. The second kappa shape index (κ2) is 8.43. The molecule has 2 amide bonds. The fourth-order valence-electron chi connectivity index (χ4n) is 4.22. The SMILES string of the molecule is O=C(Nc1cnccn1)N1C=NC(N2CCOC(C3CC3)C2)=CC=CN2CC[C@H]1C2. The second-order valence-electron chi connectivity index (χ2n) is 8.17. The van der Waals surface area contributed by atoms with E-state index in [1.165, 1.54) is 19.0 Å². The first kappa shape index (κ1) is 19.0. The van der Waals surface area contributed by atoms with Crippen molar-refractivity contribution in [2.75, 3.05) is 38.1 Å². The molecular formula is C21H27N7O2. The number of aromatic nitrogens is 2. The Kier molecular flexibility index (Phi) is 5.35. The number of hydrogen-bond donors (Lipinski definition) is 1. The summed E-state index contributed by atoms with van der Waals surface area (Å²) in [4.78, 5) is 32.1. The standard InChI is InChI=1S/C21H27N7O2/c29-21(25-19-12-22-6-7-23-19)28-15-24-20(2-1-8-26-9-5-17(28)13-26)27-10-11-30-18(14-27)16-3-4-16/h1-2,6-8,12,15-18H,3-5,9-11,13-14H2,(H,23,25,29)/t17-,18?/m0/s1. The average Bonchev–Trinajstić information content (AvgIpc) is 3.53. The van der Waals surface area contributed by atoms with Gasteiger partial charge in [-0.1, -0.05) is 0 Å². The number of ether oxygens (including phenoxy) is 1. The summed E-state index contributed by atoms with van der Waals surface area (Å²) < 4.78 is 5.96. The molecule has 3 aliphatic heterocycles. The summed E-state index contributed by atoms with van der Waals surface area (Å²) in [5.41, 5.74) is 0. The van der Waals surface area contributed by atoms with Gasteiger partial charge in [0.25, 0.3) is 0 Å². The van der Waals surface area contributed by atoms with Crippen molar-refractivity contribution in [3.63, 3.8) is 0 Å². The van der Waals surface area contributed by atoms with Gasteiger partial charge >= 0.3 is 6.03 Å². The Morgan fingerprint density at radius 2 is 2.10 bits per heavy atom. The highest BCUT2D eigenvalue weighted by molar-refractivity contribution is 5.96. The smallest absolute Gasteiger partial charge is 0.328 e. The molecule has 1 aromatic heterocycles. The fraction of sp³-hybridized carbons (Fsp3) is 0.524. The van der Waals surface area contributed by atoms with Gasteiger partial charge in [0.2, 0.25) is 0 Å². The van der Waals surface area contributed by atoms with Gasteiger partial charge in [0.1, 0.15) is 12.2 Å². The topological polar surface area (TPSA) is 86.2 Å². The number of carbonyl (C=O) groups excluding carboxylic acids is 1. The molecule has 0 radical (unpaired) electrons. The Morgan fingerprint density at radius 1 is 1.17 bits per heavy atom. The van der Waals surface area contributed by atoms with Crippen LogP contribution in [-0.2, 0) is 4.74 Å². The Hall–Kier alpha value is -2.94. The number of anilines is 1. The van der Waals surface area contributed by atoms with Gasteiger partial charge in [0.15, 0.2) is 5.82 Å². The van der Waals surface area contributed by atoms with Crippen LogP contribution in [0.1, 0.15) is 19.3 Å². The van der Waals surface area contributed by atoms with Crippen LogP contribution in [0.25, 0.3) is 0 Å². The molecule has 1 aromatic rings. The molecule has 5 rings (SSSR count). The van der Waals surface area contributed by atoms with Crippen LogP contribution in [0.4, 0.5) is 10.6 Å². The number of urea groups is 1. The lowest BCUT2D eigenvalue weighted by Gasteiger charge is -2.35. The Balaban J connectivity index is 1.36. The number of carbonyl (C=O) groups is 1. The van der Waals surface area contributed by atoms with Crippen molar-refractivity contribution < 1.29 is 9.53 Å². The number of nitrogens with zero attached hydrogens (tertiary/aromatic N) is 6. The minimum absolute atomic E-state index is 0.0540. The molecule has 2 atom stereocenters. The van der Waals surface area contributed by atoms with Crippen LogP contribution in [-0.4, -0.2) is 82.0 Å². The molecule has 9 heteroatoms. The summed E-state index contributed by atoms with van der Waals surface area (Å²) in [7, 11) is 0. The van der Waals surface area contributed by atoms with Crippen molar-refractivity contribution in [3.05, 3.63) is 42.8 Å². The van der Waals surface area contributed by atoms with Crippen LogP contribution in [0.5, 0.6) is 0 Å². The van der Waals surface area contributed by atoms with E-state index in [0.29, 0.717) is 18.3 Å². The normalized spacial score (nSPS) is 26.5. The molecule has 0 aromatic carbocycles. The third-order valence-corrected chi connectivity index (χ3v) is 6.04. The molecule has 9 nitrogen and oxygen atoms in total. The third kappa shape index (κ3) is 4.30. The van der Waals surface area contributed by atoms with Gasteiger partial charge in [-0.25, -0.2) is 14.8 Å². The maximum absolute atomic E-state index is 13.0. The van der Waals surface area contributed by atoms with E-state index in [1.54, 1.807) is 23.6 Å². The number of morpholine rings is 1. The van der Waals surface area contributed by atoms with Gasteiger partial charge in [0.05, 0.1) is 24.9 Å². The lowest BCUT2D eigenvalue weighted by molar-refractivity contribution is -0.0283. The highest BCUT2D eigenvalue weighted by atomic mass is 16.5. The van der Waals surface area contributed by atoms with Crippen molar-refractivity contribution in [2.45, 2.75) is 31.4 Å². The minimum atomic E-state index is -0.243. The van der Waals surface area contributed by atoms with Gasteiger partial charge in [-0.3, -0.25) is 15.2 Å². The molecule has 1 N–H and O–H groups in total. The molecule has 4 aliphatic rings. The number of nitrogens with one attached hydrogen (secondary N) is 1.